The van der Waals surface area contributed by atoms with Crippen molar-refractivity contribution in [3.63, 3.8) is 0 Å². The van der Waals surface area contributed by atoms with Crippen molar-refractivity contribution >= 4 is 23.2 Å². The number of para-hydroxylation sites is 2. The van der Waals surface area contributed by atoms with E-state index in [9.17, 15) is 9.59 Å². The first kappa shape index (κ1) is 18.4. The van der Waals surface area contributed by atoms with E-state index in [0.717, 1.165) is 13.1 Å². The molecule has 1 aromatic rings. The zero-order valence-electron chi connectivity index (χ0n) is 14.5. The molecule has 132 valence electrons. The van der Waals surface area contributed by atoms with Crippen LogP contribution in [-0.4, -0.2) is 74.6 Å². The summed E-state index contributed by atoms with van der Waals surface area (Å²) in [7, 11) is 3.66. The Balaban J connectivity index is 2.00. The minimum Gasteiger partial charge on any atom is -0.379 e. The minimum absolute atomic E-state index is 0.0915. The molecule has 0 saturated carbocycles. The van der Waals surface area contributed by atoms with Crippen molar-refractivity contribution < 1.29 is 14.3 Å². The fourth-order valence-electron chi connectivity index (χ4n) is 2.55. The van der Waals surface area contributed by atoms with Gasteiger partial charge in [0.2, 0.25) is 11.8 Å². The van der Waals surface area contributed by atoms with E-state index in [4.69, 9.17) is 4.74 Å². The SMILES string of the molecule is CC(C(=O)Nc1ccccc1NC(=O)CN(C)C)N1CCOCC1. The molecule has 7 heteroatoms. The maximum absolute atomic E-state index is 12.5. The van der Waals surface area contributed by atoms with Gasteiger partial charge in [0.25, 0.3) is 0 Å². The predicted molar refractivity (Wildman–Crippen MR) is 94.1 cm³/mol. The summed E-state index contributed by atoms with van der Waals surface area (Å²) in [6.45, 7) is 4.95. The number of carbonyl (C=O) groups is 2. The average Bonchev–Trinajstić information content (AvgIpc) is 2.56. The Labute approximate surface area is 142 Å². The van der Waals surface area contributed by atoms with Crippen LogP contribution in [0.2, 0.25) is 0 Å². The molecule has 7 nitrogen and oxygen atoms in total. The molecule has 1 atom stereocenters. The van der Waals surface area contributed by atoms with Crippen LogP contribution in [0.1, 0.15) is 6.92 Å². The molecule has 1 saturated heterocycles. The highest BCUT2D eigenvalue weighted by Gasteiger charge is 2.23. The first-order valence-electron chi connectivity index (χ1n) is 8.13. The van der Waals surface area contributed by atoms with Gasteiger partial charge < -0.3 is 20.3 Å². The molecule has 0 bridgehead atoms. The third-order valence-corrected chi connectivity index (χ3v) is 3.89. The molecule has 2 rings (SSSR count). The van der Waals surface area contributed by atoms with E-state index < -0.39 is 0 Å². The van der Waals surface area contributed by atoms with Crippen LogP contribution in [0.4, 0.5) is 11.4 Å². The lowest BCUT2D eigenvalue weighted by molar-refractivity contribution is -0.122. The van der Waals surface area contributed by atoms with Crippen molar-refractivity contribution in [1.82, 2.24) is 9.80 Å². The number of nitrogens with zero attached hydrogens (tertiary/aromatic N) is 2. The number of likely N-dealkylation sites (N-methyl/N-ethyl adjacent to an activating group) is 1. The first-order valence-corrected chi connectivity index (χ1v) is 8.13. The van der Waals surface area contributed by atoms with E-state index >= 15 is 0 Å². The van der Waals surface area contributed by atoms with E-state index in [1.54, 1.807) is 17.0 Å². The fourth-order valence-corrected chi connectivity index (χ4v) is 2.55. The molecule has 2 N–H and O–H groups in total. The van der Waals surface area contributed by atoms with Gasteiger partial charge in [-0.1, -0.05) is 12.1 Å². The number of amides is 2. The summed E-state index contributed by atoms with van der Waals surface area (Å²) in [5, 5.41) is 5.75. The minimum atomic E-state index is -0.251. The second-order valence-corrected chi connectivity index (χ2v) is 6.15. The molecular formula is C17H26N4O3. The zero-order valence-corrected chi connectivity index (χ0v) is 14.5. The number of benzene rings is 1. The quantitative estimate of drug-likeness (QED) is 0.807. The first-order chi connectivity index (χ1) is 11.5. The topological polar surface area (TPSA) is 73.9 Å². The van der Waals surface area contributed by atoms with Gasteiger partial charge in [-0.3, -0.25) is 14.5 Å². The standard InChI is InChI=1S/C17H26N4O3/c1-13(21-8-10-24-11-9-21)17(23)19-15-7-5-4-6-14(15)18-16(22)12-20(2)3/h4-7,13H,8-12H2,1-3H3,(H,18,22)(H,19,23). The molecular weight excluding hydrogens is 308 g/mol. The summed E-state index contributed by atoms with van der Waals surface area (Å²) in [5.41, 5.74) is 1.21. The second kappa shape index (κ2) is 8.77. The lowest BCUT2D eigenvalue weighted by Crippen LogP contribution is -2.47. The molecule has 2 amide bonds. The van der Waals surface area contributed by atoms with Crippen LogP contribution >= 0.6 is 0 Å². The molecule has 0 aliphatic carbocycles. The smallest absolute Gasteiger partial charge is 0.241 e. The third kappa shape index (κ3) is 5.30. The van der Waals surface area contributed by atoms with Crippen LogP contribution in [0, 0.1) is 0 Å². The number of anilines is 2. The number of rotatable bonds is 6. The number of morpholine rings is 1. The Bertz CT molecular complexity index is 571. The van der Waals surface area contributed by atoms with E-state index in [1.807, 2.05) is 33.2 Å². The number of nitrogens with one attached hydrogen (secondary N) is 2. The molecule has 1 aromatic carbocycles. The Morgan fingerprint density at radius 1 is 1.17 bits per heavy atom. The van der Waals surface area contributed by atoms with Gasteiger partial charge in [0, 0.05) is 13.1 Å². The molecule has 1 heterocycles. The van der Waals surface area contributed by atoms with Crippen LogP contribution in [0.3, 0.4) is 0 Å². The Hall–Kier alpha value is -1.96. The van der Waals surface area contributed by atoms with Gasteiger partial charge in [-0.25, -0.2) is 0 Å². The van der Waals surface area contributed by atoms with Crippen LogP contribution in [-0.2, 0) is 14.3 Å². The van der Waals surface area contributed by atoms with Crippen molar-refractivity contribution in [2.45, 2.75) is 13.0 Å². The summed E-state index contributed by atoms with van der Waals surface area (Å²) in [6.07, 6.45) is 0. The van der Waals surface area contributed by atoms with Crippen molar-refractivity contribution in [3.8, 4) is 0 Å². The predicted octanol–water partition coefficient (Wildman–Crippen LogP) is 0.846. The third-order valence-electron chi connectivity index (χ3n) is 3.89. The van der Waals surface area contributed by atoms with Gasteiger partial charge in [-0.2, -0.15) is 0 Å². The Morgan fingerprint density at radius 3 is 2.33 bits per heavy atom. The fraction of sp³-hybridized carbons (Fsp3) is 0.529. The molecule has 0 aromatic heterocycles. The van der Waals surface area contributed by atoms with Gasteiger partial charge >= 0.3 is 0 Å². The highest BCUT2D eigenvalue weighted by molar-refractivity contribution is 6.01. The largest absolute Gasteiger partial charge is 0.379 e. The molecule has 1 unspecified atom stereocenters. The Morgan fingerprint density at radius 2 is 1.75 bits per heavy atom. The van der Waals surface area contributed by atoms with Crippen molar-refractivity contribution in [2.75, 3.05) is 57.6 Å². The lowest BCUT2D eigenvalue weighted by Gasteiger charge is -2.31. The number of hydrogen-bond acceptors (Lipinski definition) is 5. The number of ether oxygens (including phenoxy) is 1. The molecule has 24 heavy (non-hydrogen) atoms. The average molecular weight is 334 g/mol. The van der Waals surface area contributed by atoms with Crippen LogP contribution in [0.5, 0.6) is 0 Å². The highest BCUT2D eigenvalue weighted by atomic mass is 16.5. The zero-order chi connectivity index (χ0) is 17.5. The van der Waals surface area contributed by atoms with Gasteiger partial charge in [-0.15, -0.1) is 0 Å². The normalized spacial score (nSPS) is 16.7. The lowest BCUT2D eigenvalue weighted by atomic mass is 10.2. The maximum atomic E-state index is 12.5. The van der Waals surface area contributed by atoms with Crippen LogP contribution in [0.25, 0.3) is 0 Å². The monoisotopic (exact) mass is 334 g/mol. The van der Waals surface area contributed by atoms with E-state index in [0.29, 0.717) is 24.6 Å². The summed E-state index contributed by atoms with van der Waals surface area (Å²) in [4.78, 5) is 28.3. The van der Waals surface area contributed by atoms with Gasteiger partial charge in [0.1, 0.15) is 0 Å². The summed E-state index contributed by atoms with van der Waals surface area (Å²) in [6, 6.07) is 6.97. The van der Waals surface area contributed by atoms with Gasteiger partial charge in [0.05, 0.1) is 37.2 Å². The van der Waals surface area contributed by atoms with Crippen molar-refractivity contribution in [1.29, 1.82) is 0 Å². The van der Waals surface area contributed by atoms with Gasteiger partial charge in [-0.05, 0) is 33.2 Å². The van der Waals surface area contributed by atoms with Crippen LogP contribution in [0.15, 0.2) is 24.3 Å². The summed E-state index contributed by atoms with van der Waals surface area (Å²) < 4.78 is 5.32. The number of hydrogen-bond donors (Lipinski definition) is 2. The van der Waals surface area contributed by atoms with Crippen molar-refractivity contribution in [3.05, 3.63) is 24.3 Å². The second-order valence-electron chi connectivity index (χ2n) is 6.15. The molecule has 0 radical (unpaired) electrons. The Kier molecular flexibility index (Phi) is 6.72. The van der Waals surface area contributed by atoms with Crippen LogP contribution < -0.4 is 10.6 Å². The van der Waals surface area contributed by atoms with Gasteiger partial charge in [0.15, 0.2) is 0 Å². The molecule has 0 spiro atoms. The van der Waals surface area contributed by atoms with E-state index in [-0.39, 0.29) is 24.4 Å². The summed E-state index contributed by atoms with van der Waals surface area (Å²) in [5.74, 6) is -0.214. The maximum Gasteiger partial charge on any atom is 0.241 e. The van der Waals surface area contributed by atoms with E-state index in [2.05, 4.69) is 15.5 Å². The van der Waals surface area contributed by atoms with Crippen molar-refractivity contribution in [2.24, 2.45) is 0 Å². The number of carbonyl (C=O) groups excluding carboxylic acids is 2. The molecule has 1 aliphatic rings. The van der Waals surface area contributed by atoms with E-state index in [1.165, 1.54) is 0 Å². The molecule has 1 aliphatic heterocycles. The highest BCUT2D eigenvalue weighted by Crippen LogP contribution is 2.21. The molecule has 1 fully saturated rings. The summed E-state index contributed by atoms with van der Waals surface area (Å²) >= 11 is 0.